The lowest BCUT2D eigenvalue weighted by Gasteiger charge is -2.38. The summed E-state index contributed by atoms with van der Waals surface area (Å²) in [5.74, 6) is 0.158. The van der Waals surface area contributed by atoms with Crippen molar-refractivity contribution in [2.24, 2.45) is 5.92 Å². The van der Waals surface area contributed by atoms with E-state index in [1.165, 1.54) is 6.07 Å². The molecule has 0 saturated heterocycles. The Morgan fingerprint density at radius 2 is 2.13 bits per heavy atom. The summed E-state index contributed by atoms with van der Waals surface area (Å²) in [6.45, 7) is 1.16. The molecule has 0 bridgehead atoms. The lowest BCUT2D eigenvalue weighted by Crippen LogP contribution is -2.30. The molecule has 1 aliphatic heterocycles. The minimum Gasteiger partial charge on any atom is -0.385 e. The predicted octanol–water partition coefficient (Wildman–Crippen LogP) is 4.84. The highest BCUT2D eigenvalue weighted by Gasteiger charge is 2.39. The molecule has 2 aliphatic rings. The average Bonchev–Trinajstić information content (AvgIpc) is 3.26. The molecule has 1 heterocycles. The molecule has 0 saturated carbocycles. The molecular weight excluding hydrogens is 418 g/mol. The van der Waals surface area contributed by atoms with Crippen molar-refractivity contribution in [1.82, 2.24) is 5.32 Å². The van der Waals surface area contributed by atoms with Crippen molar-refractivity contribution in [3.8, 4) is 0 Å². The van der Waals surface area contributed by atoms with Crippen LogP contribution in [0.4, 0.5) is 11.4 Å². The van der Waals surface area contributed by atoms with Crippen LogP contribution in [0.15, 0.2) is 48.6 Å². The number of allylic oxidation sites excluding steroid dienone is 2. The van der Waals surface area contributed by atoms with E-state index in [-0.39, 0.29) is 29.5 Å². The second-order valence-electron chi connectivity index (χ2n) is 7.84. The molecule has 2 N–H and O–H groups in total. The molecule has 3 atom stereocenters. The summed E-state index contributed by atoms with van der Waals surface area (Å²) >= 11 is 6.44. The Labute approximate surface area is 185 Å². The van der Waals surface area contributed by atoms with Crippen LogP contribution in [-0.2, 0) is 4.74 Å². The van der Waals surface area contributed by atoms with Gasteiger partial charge in [0.2, 0.25) is 0 Å². The van der Waals surface area contributed by atoms with Gasteiger partial charge in [-0.1, -0.05) is 23.8 Å². The molecule has 0 aromatic heterocycles. The number of rotatable bonds is 7. The smallest absolute Gasteiger partial charge is 0.269 e. The molecule has 1 aliphatic carbocycles. The first-order valence-electron chi connectivity index (χ1n) is 10.3. The van der Waals surface area contributed by atoms with Crippen LogP contribution in [0.1, 0.15) is 46.3 Å². The van der Waals surface area contributed by atoms with Crippen LogP contribution in [0.5, 0.6) is 0 Å². The lowest BCUT2D eigenvalue weighted by atomic mass is 9.76. The second kappa shape index (κ2) is 9.08. The van der Waals surface area contributed by atoms with Crippen LogP contribution < -0.4 is 10.6 Å². The van der Waals surface area contributed by atoms with Crippen LogP contribution in [0.25, 0.3) is 0 Å². The molecule has 31 heavy (non-hydrogen) atoms. The Bertz CT molecular complexity index is 1040. The molecule has 4 rings (SSSR count). The third kappa shape index (κ3) is 4.29. The van der Waals surface area contributed by atoms with E-state index in [1.54, 1.807) is 25.3 Å². The first-order valence-corrected chi connectivity index (χ1v) is 10.7. The number of hydrogen-bond donors (Lipinski definition) is 2. The Hall–Kier alpha value is -2.90. The summed E-state index contributed by atoms with van der Waals surface area (Å²) < 4.78 is 5.01. The van der Waals surface area contributed by atoms with Crippen molar-refractivity contribution in [1.29, 1.82) is 0 Å². The highest BCUT2D eigenvalue weighted by molar-refractivity contribution is 6.31. The fraction of sp³-hybridized carbons (Fsp3) is 0.348. The van der Waals surface area contributed by atoms with Gasteiger partial charge >= 0.3 is 0 Å². The van der Waals surface area contributed by atoms with E-state index in [9.17, 15) is 14.9 Å². The predicted molar refractivity (Wildman–Crippen MR) is 120 cm³/mol. The van der Waals surface area contributed by atoms with Crippen LogP contribution in [-0.4, -0.2) is 31.1 Å². The molecular formula is C23H24ClN3O4. The maximum Gasteiger partial charge on any atom is 0.269 e. The third-order valence-corrected chi connectivity index (χ3v) is 6.31. The SMILES string of the molecule is COCCCNC(=O)c1ccc2c(c1)C1C=CCC1C(c1cc([N+](=O)[O-])ccc1Cl)N2. The van der Waals surface area contributed by atoms with E-state index < -0.39 is 4.92 Å². The van der Waals surface area contributed by atoms with Gasteiger partial charge in [-0.15, -0.1) is 0 Å². The summed E-state index contributed by atoms with van der Waals surface area (Å²) in [7, 11) is 1.64. The number of nitrogens with zero attached hydrogens (tertiary/aromatic N) is 1. The molecule has 7 nitrogen and oxygen atoms in total. The number of halogens is 1. The van der Waals surface area contributed by atoms with Gasteiger partial charge in [0.25, 0.3) is 11.6 Å². The highest BCUT2D eigenvalue weighted by atomic mass is 35.5. The number of ether oxygens (including phenoxy) is 1. The Morgan fingerprint density at radius 3 is 2.90 bits per heavy atom. The molecule has 0 radical (unpaired) electrons. The van der Waals surface area contributed by atoms with Gasteiger partial charge in [-0.2, -0.15) is 0 Å². The van der Waals surface area contributed by atoms with Gasteiger partial charge in [0.05, 0.1) is 11.0 Å². The Balaban J connectivity index is 1.62. The van der Waals surface area contributed by atoms with E-state index in [0.717, 1.165) is 29.7 Å². The van der Waals surface area contributed by atoms with Crippen molar-refractivity contribution < 1.29 is 14.5 Å². The maximum absolute atomic E-state index is 12.5. The standard InChI is InChI=1S/C23H24ClN3O4/c1-31-11-3-10-25-23(28)14-6-9-21-18(12-14)16-4-2-5-17(16)22(26-21)19-13-15(27(29)30)7-8-20(19)24/h2,4,6-9,12-13,16-17,22,26H,3,5,10-11H2,1H3,(H,25,28). The van der Waals surface area contributed by atoms with Crippen molar-refractivity contribution in [2.45, 2.75) is 24.8 Å². The average molecular weight is 442 g/mol. The molecule has 162 valence electrons. The van der Waals surface area contributed by atoms with Gasteiger partial charge in [0.1, 0.15) is 0 Å². The van der Waals surface area contributed by atoms with Crippen molar-refractivity contribution in [3.05, 3.63) is 80.4 Å². The number of hydrogen-bond acceptors (Lipinski definition) is 5. The maximum atomic E-state index is 12.5. The monoisotopic (exact) mass is 441 g/mol. The normalized spacial score (nSPS) is 21.2. The van der Waals surface area contributed by atoms with E-state index in [2.05, 4.69) is 22.8 Å². The number of nitro benzene ring substituents is 1. The molecule has 2 aromatic carbocycles. The van der Waals surface area contributed by atoms with Gasteiger partial charge in [0.15, 0.2) is 0 Å². The number of carbonyl (C=O) groups is 1. The van der Waals surface area contributed by atoms with Crippen molar-refractivity contribution in [3.63, 3.8) is 0 Å². The fourth-order valence-corrected chi connectivity index (χ4v) is 4.68. The van der Waals surface area contributed by atoms with E-state index in [1.807, 2.05) is 12.1 Å². The van der Waals surface area contributed by atoms with Gasteiger partial charge in [0, 0.05) is 60.1 Å². The summed E-state index contributed by atoms with van der Waals surface area (Å²) in [5.41, 5.74) is 3.33. The zero-order chi connectivity index (χ0) is 22.0. The first kappa shape index (κ1) is 21.3. The summed E-state index contributed by atoms with van der Waals surface area (Å²) in [4.78, 5) is 23.4. The first-order chi connectivity index (χ1) is 15.0. The van der Waals surface area contributed by atoms with Crippen molar-refractivity contribution in [2.75, 3.05) is 25.6 Å². The van der Waals surface area contributed by atoms with Gasteiger partial charge in [-0.05, 0) is 48.6 Å². The molecule has 1 amide bonds. The van der Waals surface area contributed by atoms with Gasteiger partial charge < -0.3 is 15.4 Å². The van der Waals surface area contributed by atoms with Gasteiger partial charge in [-0.3, -0.25) is 14.9 Å². The largest absolute Gasteiger partial charge is 0.385 e. The Morgan fingerprint density at radius 1 is 1.29 bits per heavy atom. The molecule has 0 spiro atoms. The van der Waals surface area contributed by atoms with E-state index in [0.29, 0.717) is 23.7 Å². The highest BCUT2D eigenvalue weighted by Crippen LogP contribution is 2.51. The number of benzene rings is 2. The minimum atomic E-state index is -0.404. The zero-order valence-corrected chi connectivity index (χ0v) is 17.9. The zero-order valence-electron chi connectivity index (χ0n) is 17.1. The summed E-state index contributed by atoms with van der Waals surface area (Å²) in [6.07, 6.45) is 5.87. The minimum absolute atomic E-state index is 0.0231. The number of methoxy groups -OCH3 is 1. The van der Waals surface area contributed by atoms with Crippen LogP contribution >= 0.6 is 11.6 Å². The summed E-state index contributed by atoms with van der Waals surface area (Å²) in [6, 6.07) is 10.0. The Kier molecular flexibility index (Phi) is 6.25. The fourth-order valence-electron chi connectivity index (χ4n) is 4.45. The van der Waals surface area contributed by atoms with Crippen molar-refractivity contribution >= 4 is 28.9 Å². The number of carbonyl (C=O) groups excluding carboxylic acids is 1. The van der Waals surface area contributed by atoms with E-state index in [4.69, 9.17) is 16.3 Å². The number of fused-ring (bicyclic) bond motifs is 3. The van der Waals surface area contributed by atoms with Crippen LogP contribution in [0, 0.1) is 16.0 Å². The lowest BCUT2D eigenvalue weighted by molar-refractivity contribution is -0.384. The molecule has 8 heteroatoms. The number of anilines is 1. The molecule has 3 unspecified atom stereocenters. The second-order valence-corrected chi connectivity index (χ2v) is 8.25. The number of amides is 1. The number of nitro groups is 1. The van der Waals surface area contributed by atoms with Gasteiger partial charge in [-0.25, -0.2) is 0 Å². The van der Waals surface area contributed by atoms with Crippen LogP contribution in [0.3, 0.4) is 0 Å². The molecule has 0 fully saturated rings. The number of nitrogens with one attached hydrogen (secondary N) is 2. The third-order valence-electron chi connectivity index (χ3n) is 5.96. The van der Waals surface area contributed by atoms with E-state index >= 15 is 0 Å². The summed E-state index contributed by atoms with van der Waals surface area (Å²) in [5, 5.41) is 18.2. The quantitative estimate of drug-likeness (QED) is 0.277. The topological polar surface area (TPSA) is 93.5 Å². The molecule has 2 aromatic rings. The number of non-ortho nitro benzene ring substituents is 1. The van der Waals surface area contributed by atoms with Crippen LogP contribution in [0.2, 0.25) is 5.02 Å².